The molecule has 0 unspecified atom stereocenters. The maximum Gasteiger partial charge on any atom is 0.262 e. The lowest BCUT2D eigenvalue weighted by molar-refractivity contribution is -0.126. The van der Waals surface area contributed by atoms with Crippen molar-refractivity contribution in [1.29, 1.82) is 0 Å². The van der Waals surface area contributed by atoms with Crippen LogP contribution in [-0.2, 0) is 20.9 Å². The summed E-state index contributed by atoms with van der Waals surface area (Å²) in [6.07, 6.45) is 0.176. The molecule has 1 aliphatic heterocycles. The van der Waals surface area contributed by atoms with Crippen LogP contribution in [0.1, 0.15) is 48.4 Å². The molecular formula is C31H35N3O4. The number of rotatable bonds is 9. The van der Waals surface area contributed by atoms with Crippen molar-refractivity contribution in [2.45, 2.75) is 46.6 Å². The van der Waals surface area contributed by atoms with Crippen LogP contribution in [0.15, 0.2) is 66.7 Å². The van der Waals surface area contributed by atoms with E-state index in [1.165, 1.54) is 5.56 Å². The smallest absolute Gasteiger partial charge is 0.262 e. The molecule has 4 rings (SSSR count). The fourth-order valence-corrected chi connectivity index (χ4v) is 4.41. The zero-order valence-electron chi connectivity index (χ0n) is 22.4. The number of carbonyl (C=O) groups is 3. The molecule has 3 amide bonds. The third-order valence-corrected chi connectivity index (χ3v) is 6.79. The summed E-state index contributed by atoms with van der Waals surface area (Å²) in [6.45, 7) is 8.84. The van der Waals surface area contributed by atoms with Gasteiger partial charge < -0.3 is 20.3 Å². The standard InChI is InChI=1S/C31H35N3O4/c1-20(2)24-9-7-23(8-10-24)17-32-31(37)25-16-30(36)34(18-25)26-11-13-27(14-12-26)38-19-29(35)33-28-15-21(3)5-6-22(28)4/h5-15,20,25H,16-19H2,1-4H3,(H,32,37)(H,33,35)/t25-/m0/s1. The first-order chi connectivity index (χ1) is 18.2. The molecule has 7 nitrogen and oxygen atoms in total. The number of benzene rings is 3. The van der Waals surface area contributed by atoms with Crippen LogP contribution in [0.25, 0.3) is 0 Å². The highest BCUT2D eigenvalue weighted by molar-refractivity contribution is 6.00. The SMILES string of the molecule is Cc1ccc(C)c(NC(=O)COc2ccc(N3C[C@@H](C(=O)NCc4ccc(C(C)C)cc4)CC3=O)cc2)c1. The lowest BCUT2D eigenvalue weighted by Gasteiger charge is -2.17. The molecule has 1 heterocycles. The van der Waals surface area contributed by atoms with Crippen molar-refractivity contribution in [2.24, 2.45) is 5.92 Å². The molecule has 0 radical (unpaired) electrons. The van der Waals surface area contributed by atoms with Crippen molar-refractivity contribution < 1.29 is 19.1 Å². The number of nitrogens with zero attached hydrogens (tertiary/aromatic N) is 1. The lowest BCUT2D eigenvalue weighted by Crippen LogP contribution is -2.32. The predicted molar refractivity (Wildman–Crippen MR) is 149 cm³/mol. The van der Waals surface area contributed by atoms with Crippen molar-refractivity contribution >= 4 is 29.1 Å². The van der Waals surface area contributed by atoms with E-state index in [0.29, 0.717) is 30.4 Å². The van der Waals surface area contributed by atoms with Gasteiger partial charge in [0.15, 0.2) is 6.61 Å². The van der Waals surface area contributed by atoms with Crippen molar-refractivity contribution in [3.05, 3.63) is 89.0 Å². The van der Waals surface area contributed by atoms with Crippen molar-refractivity contribution in [2.75, 3.05) is 23.4 Å². The average Bonchev–Trinajstić information content (AvgIpc) is 3.30. The van der Waals surface area contributed by atoms with E-state index in [9.17, 15) is 14.4 Å². The third kappa shape index (κ3) is 6.79. The van der Waals surface area contributed by atoms with Gasteiger partial charge in [-0.25, -0.2) is 0 Å². The maximum atomic E-state index is 12.7. The quantitative estimate of drug-likeness (QED) is 0.416. The Labute approximate surface area is 224 Å². The van der Waals surface area contributed by atoms with Crippen molar-refractivity contribution in [3.8, 4) is 5.75 Å². The first-order valence-corrected chi connectivity index (χ1v) is 13.0. The molecule has 1 aliphatic rings. The van der Waals surface area contributed by atoms with E-state index in [-0.39, 0.29) is 30.7 Å². The number of ether oxygens (including phenoxy) is 1. The topological polar surface area (TPSA) is 87.7 Å². The van der Waals surface area contributed by atoms with E-state index >= 15 is 0 Å². The number of carbonyl (C=O) groups excluding carboxylic acids is 3. The van der Waals surface area contributed by atoms with Crippen LogP contribution in [0.2, 0.25) is 0 Å². The van der Waals surface area contributed by atoms with Crippen LogP contribution in [0.3, 0.4) is 0 Å². The molecule has 0 aromatic heterocycles. The first-order valence-electron chi connectivity index (χ1n) is 13.0. The Hall–Kier alpha value is -4.13. The van der Waals surface area contributed by atoms with Crippen LogP contribution in [0, 0.1) is 19.8 Å². The molecule has 38 heavy (non-hydrogen) atoms. The molecular weight excluding hydrogens is 478 g/mol. The summed E-state index contributed by atoms with van der Waals surface area (Å²) in [5.41, 5.74) is 5.80. The second-order valence-corrected chi connectivity index (χ2v) is 10.2. The molecule has 1 fully saturated rings. The number of nitrogens with one attached hydrogen (secondary N) is 2. The molecule has 0 aliphatic carbocycles. The van der Waals surface area contributed by atoms with Crippen molar-refractivity contribution in [1.82, 2.24) is 5.32 Å². The molecule has 0 spiro atoms. The normalized spacial score (nSPS) is 15.0. The molecule has 0 bridgehead atoms. The number of hydrogen-bond donors (Lipinski definition) is 2. The van der Waals surface area contributed by atoms with Gasteiger partial charge in [0.05, 0.1) is 5.92 Å². The van der Waals surface area contributed by atoms with E-state index in [1.807, 2.05) is 44.2 Å². The minimum Gasteiger partial charge on any atom is -0.484 e. The van der Waals surface area contributed by atoms with Crippen LogP contribution >= 0.6 is 0 Å². The van der Waals surface area contributed by atoms with E-state index in [4.69, 9.17) is 4.74 Å². The summed E-state index contributed by atoms with van der Waals surface area (Å²) in [6, 6.07) is 21.1. The molecule has 1 atom stereocenters. The Bertz CT molecular complexity index is 1300. The van der Waals surface area contributed by atoms with Crippen LogP contribution < -0.4 is 20.3 Å². The largest absolute Gasteiger partial charge is 0.484 e. The summed E-state index contributed by atoms with van der Waals surface area (Å²) in [5, 5.41) is 5.84. The summed E-state index contributed by atoms with van der Waals surface area (Å²) >= 11 is 0. The summed E-state index contributed by atoms with van der Waals surface area (Å²) < 4.78 is 5.63. The third-order valence-electron chi connectivity index (χ3n) is 6.79. The molecule has 198 valence electrons. The minimum absolute atomic E-state index is 0.0898. The van der Waals surface area contributed by atoms with Gasteiger partial charge in [-0.3, -0.25) is 14.4 Å². The highest BCUT2D eigenvalue weighted by Gasteiger charge is 2.35. The molecule has 3 aromatic carbocycles. The lowest BCUT2D eigenvalue weighted by atomic mass is 10.0. The van der Waals surface area contributed by atoms with E-state index in [1.54, 1.807) is 29.2 Å². The molecule has 3 aromatic rings. The van der Waals surface area contributed by atoms with Crippen LogP contribution in [-0.4, -0.2) is 30.9 Å². The van der Waals surface area contributed by atoms with Gasteiger partial charge in [0.25, 0.3) is 5.91 Å². The van der Waals surface area contributed by atoms with Gasteiger partial charge in [0.2, 0.25) is 11.8 Å². The Balaban J connectivity index is 1.26. The van der Waals surface area contributed by atoms with E-state index in [2.05, 4.69) is 36.6 Å². The maximum absolute atomic E-state index is 12.7. The number of anilines is 2. The Morgan fingerprint density at radius 1 is 1.00 bits per heavy atom. The van der Waals surface area contributed by atoms with Gasteiger partial charge >= 0.3 is 0 Å². The minimum atomic E-state index is -0.401. The highest BCUT2D eigenvalue weighted by atomic mass is 16.5. The molecule has 1 saturated heterocycles. The van der Waals surface area contributed by atoms with Gasteiger partial charge in [0.1, 0.15) is 5.75 Å². The predicted octanol–water partition coefficient (Wildman–Crippen LogP) is 5.11. The second-order valence-electron chi connectivity index (χ2n) is 10.2. The number of amides is 3. The summed E-state index contributed by atoms with van der Waals surface area (Å²) in [7, 11) is 0. The van der Waals surface area contributed by atoms with Crippen LogP contribution in [0.4, 0.5) is 11.4 Å². The average molecular weight is 514 g/mol. The zero-order chi connectivity index (χ0) is 27.2. The second kappa shape index (κ2) is 11.9. The Morgan fingerprint density at radius 3 is 2.39 bits per heavy atom. The fraction of sp³-hybridized carbons (Fsp3) is 0.323. The fourth-order valence-electron chi connectivity index (χ4n) is 4.41. The van der Waals surface area contributed by atoms with Gasteiger partial charge in [-0.1, -0.05) is 50.2 Å². The van der Waals surface area contributed by atoms with Crippen molar-refractivity contribution in [3.63, 3.8) is 0 Å². The van der Waals surface area contributed by atoms with Gasteiger partial charge in [-0.15, -0.1) is 0 Å². The zero-order valence-corrected chi connectivity index (χ0v) is 22.4. The van der Waals surface area contributed by atoms with Gasteiger partial charge in [-0.2, -0.15) is 0 Å². The van der Waals surface area contributed by atoms with Crippen LogP contribution in [0.5, 0.6) is 5.75 Å². The molecule has 2 N–H and O–H groups in total. The summed E-state index contributed by atoms with van der Waals surface area (Å²) in [5.74, 6) is 0.123. The Kier molecular flexibility index (Phi) is 8.46. The number of hydrogen-bond acceptors (Lipinski definition) is 4. The van der Waals surface area contributed by atoms with E-state index in [0.717, 1.165) is 22.4 Å². The van der Waals surface area contributed by atoms with Gasteiger partial charge in [-0.05, 0) is 72.4 Å². The van der Waals surface area contributed by atoms with E-state index < -0.39 is 5.92 Å². The molecule has 0 saturated carbocycles. The van der Waals surface area contributed by atoms with Gasteiger partial charge in [0, 0.05) is 30.9 Å². The monoisotopic (exact) mass is 513 g/mol. The Morgan fingerprint density at radius 2 is 1.71 bits per heavy atom. The molecule has 7 heteroatoms. The first kappa shape index (κ1) is 26.9. The number of aryl methyl sites for hydroxylation is 2. The highest BCUT2D eigenvalue weighted by Crippen LogP contribution is 2.27. The summed E-state index contributed by atoms with van der Waals surface area (Å²) in [4.78, 5) is 39.3.